The molecule has 1 aliphatic rings. The van der Waals surface area contributed by atoms with Crippen LogP contribution in [0.25, 0.3) is 11.4 Å². The second-order valence-corrected chi connectivity index (χ2v) is 6.54. The molecular formula is C20H20FN3O2. The predicted molar refractivity (Wildman–Crippen MR) is 95.3 cm³/mol. The lowest BCUT2D eigenvalue weighted by molar-refractivity contribution is 0.309. The zero-order chi connectivity index (χ0) is 17.9. The van der Waals surface area contributed by atoms with Crippen LogP contribution in [0.3, 0.4) is 0 Å². The minimum absolute atomic E-state index is 0.196. The number of halogens is 1. The molecule has 2 aromatic carbocycles. The molecule has 134 valence electrons. The second-order valence-electron chi connectivity index (χ2n) is 6.54. The topological polar surface area (TPSA) is 51.4 Å². The van der Waals surface area contributed by atoms with E-state index in [1.165, 1.54) is 6.07 Å². The Morgan fingerprint density at radius 1 is 1.23 bits per heavy atom. The van der Waals surface area contributed by atoms with Crippen LogP contribution in [0, 0.1) is 5.82 Å². The molecule has 0 radical (unpaired) electrons. The molecule has 0 bridgehead atoms. The molecule has 1 aromatic heterocycles. The van der Waals surface area contributed by atoms with Crippen LogP contribution >= 0.6 is 0 Å². The maximum Gasteiger partial charge on any atom is 0.231 e. The largest absolute Gasteiger partial charge is 0.497 e. The van der Waals surface area contributed by atoms with Crippen LogP contribution in [-0.4, -0.2) is 35.2 Å². The molecule has 0 unspecified atom stereocenters. The van der Waals surface area contributed by atoms with E-state index in [-0.39, 0.29) is 11.7 Å². The molecule has 0 amide bonds. The third kappa shape index (κ3) is 3.60. The van der Waals surface area contributed by atoms with Crippen LogP contribution in [-0.2, 0) is 6.54 Å². The van der Waals surface area contributed by atoms with Crippen molar-refractivity contribution in [3.8, 4) is 17.1 Å². The van der Waals surface area contributed by atoms with Crippen LogP contribution in [0.5, 0.6) is 5.75 Å². The lowest BCUT2D eigenvalue weighted by Crippen LogP contribution is -2.19. The van der Waals surface area contributed by atoms with Gasteiger partial charge in [0.25, 0.3) is 0 Å². The van der Waals surface area contributed by atoms with E-state index in [1.54, 1.807) is 19.2 Å². The minimum Gasteiger partial charge on any atom is -0.497 e. The number of methoxy groups -OCH3 is 1. The molecule has 6 heteroatoms. The highest BCUT2D eigenvalue weighted by Gasteiger charge is 2.28. The van der Waals surface area contributed by atoms with Gasteiger partial charge in [-0.3, -0.25) is 4.90 Å². The van der Waals surface area contributed by atoms with Crippen molar-refractivity contribution in [2.75, 3.05) is 20.2 Å². The van der Waals surface area contributed by atoms with Crippen molar-refractivity contribution in [3.63, 3.8) is 0 Å². The summed E-state index contributed by atoms with van der Waals surface area (Å²) in [4.78, 5) is 6.86. The van der Waals surface area contributed by atoms with Crippen molar-refractivity contribution >= 4 is 0 Å². The number of aromatic nitrogens is 2. The summed E-state index contributed by atoms with van der Waals surface area (Å²) >= 11 is 0. The SMILES string of the molecule is COc1cccc(-c2noc([C@H]3CCN(Cc4cccc(F)c4)C3)n2)c1. The molecule has 0 aliphatic carbocycles. The van der Waals surface area contributed by atoms with Gasteiger partial charge in [0.05, 0.1) is 13.0 Å². The van der Waals surface area contributed by atoms with Crippen LogP contribution < -0.4 is 4.74 Å². The smallest absolute Gasteiger partial charge is 0.231 e. The summed E-state index contributed by atoms with van der Waals surface area (Å²) < 4.78 is 24.1. The van der Waals surface area contributed by atoms with Crippen LogP contribution in [0.15, 0.2) is 53.1 Å². The summed E-state index contributed by atoms with van der Waals surface area (Å²) in [5, 5.41) is 4.12. The van der Waals surface area contributed by atoms with E-state index >= 15 is 0 Å². The van der Waals surface area contributed by atoms with Gasteiger partial charge in [-0.05, 0) is 42.8 Å². The van der Waals surface area contributed by atoms with Gasteiger partial charge in [0, 0.05) is 18.7 Å². The predicted octanol–water partition coefficient (Wildman–Crippen LogP) is 3.87. The summed E-state index contributed by atoms with van der Waals surface area (Å²) in [6.07, 6.45) is 0.953. The van der Waals surface area contributed by atoms with Crippen molar-refractivity contribution in [3.05, 3.63) is 65.8 Å². The van der Waals surface area contributed by atoms with E-state index in [9.17, 15) is 4.39 Å². The number of likely N-dealkylation sites (tertiary alicyclic amines) is 1. The molecule has 4 rings (SSSR count). The minimum atomic E-state index is -0.196. The molecule has 1 atom stereocenters. The Bertz CT molecular complexity index is 896. The van der Waals surface area contributed by atoms with Gasteiger partial charge < -0.3 is 9.26 Å². The summed E-state index contributed by atoms with van der Waals surface area (Å²) in [5.41, 5.74) is 1.85. The fraction of sp³-hybridized carbons (Fsp3) is 0.300. The maximum absolute atomic E-state index is 13.3. The van der Waals surface area contributed by atoms with Crippen molar-refractivity contribution in [1.82, 2.24) is 15.0 Å². The number of hydrogen-bond acceptors (Lipinski definition) is 5. The quantitative estimate of drug-likeness (QED) is 0.697. The Morgan fingerprint density at radius 2 is 2.12 bits per heavy atom. The summed E-state index contributed by atoms with van der Waals surface area (Å²) in [6.45, 7) is 2.49. The molecular weight excluding hydrogens is 333 g/mol. The average molecular weight is 353 g/mol. The molecule has 1 saturated heterocycles. The highest BCUT2D eigenvalue weighted by atomic mass is 19.1. The molecule has 26 heavy (non-hydrogen) atoms. The maximum atomic E-state index is 13.3. The number of rotatable bonds is 5. The molecule has 1 aliphatic heterocycles. The van der Waals surface area contributed by atoms with Gasteiger partial charge in [-0.15, -0.1) is 0 Å². The van der Waals surface area contributed by atoms with E-state index in [0.29, 0.717) is 11.7 Å². The zero-order valence-electron chi connectivity index (χ0n) is 14.6. The lowest BCUT2D eigenvalue weighted by Gasteiger charge is -2.15. The van der Waals surface area contributed by atoms with E-state index in [1.807, 2.05) is 30.3 Å². The lowest BCUT2D eigenvalue weighted by atomic mass is 10.1. The Morgan fingerprint density at radius 3 is 2.96 bits per heavy atom. The number of nitrogens with zero attached hydrogens (tertiary/aromatic N) is 3. The average Bonchev–Trinajstić information content (AvgIpc) is 3.31. The zero-order valence-corrected chi connectivity index (χ0v) is 14.6. The van der Waals surface area contributed by atoms with Crippen molar-refractivity contribution in [1.29, 1.82) is 0 Å². The van der Waals surface area contributed by atoms with Crippen LogP contribution in [0.4, 0.5) is 4.39 Å². The van der Waals surface area contributed by atoms with Gasteiger partial charge in [0.15, 0.2) is 0 Å². The van der Waals surface area contributed by atoms with Gasteiger partial charge >= 0.3 is 0 Å². The third-order valence-corrected chi connectivity index (χ3v) is 4.69. The van der Waals surface area contributed by atoms with Crippen LogP contribution in [0.1, 0.15) is 23.8 Å². The molecule has 3 aromatic rings. The Kier molecular flexibility index (Phi) is 4.67. The molecule has 0 saturated carbocycles. The summed E-state index contributed by atoms with van der Waals surface area (Å²) in [6, 6.07) is 14.4. The van der Waals surface area contributed by atoms with E-state index < -0.39 is 0 Å². The first-order chi connectivity index (χ1) is 12.7. The standard InChI is InChI=1S/C20H20FN3O2/c1-25-18-7-3-5-15(11-18)19-22-20(26-23-19)16-8-9-24(13-16)12-14-4-2-6-17(21)10-14/h2-7,10-11,16H,8-9,12-13H2,1H3/t16-/m0/s1. The van der Waals surface area contributed by atoms with E-state index in [2.05, 4.69) is 15.0 Å². The van der Waals surface area contributed by atoms with Crippen molar-refractivity contribution < 1.29 is 13.7 Å². The van der Waals surface area contributed by atoms with Crippen LogP contribution in [0.2, 0.25) is 0 Å². The van der Waals surface area contributed by atoms with Crippen molar-refractivity contribution in [2.45, 2.75) is 18.9 Å². The van der Waals surface area contributed by atoms with Gasteiger partial charge in [0.1, 0.15) is 11.6 Å². The third-order valence-electron chi connectivity index (χ3n) is 4.69. The molecule has 0 N–H and O–H groups in total. The highest BCUT2D eigenvalue weighted by Crippen LogP contribution is 2.29. The summed E-state index contributed by atoms with van der Waals surface area (Å²) in [5.74, 6) is 2.00. The first-order valence-corrected chi connectivity index (χ1v) is 8.66. The molecule has 5 nitrogen and oxygen atoms in total. The van der Waals surface area contributed by atoms with E-state index in [0.717, 1.165) is 42.9 Å². The Hall–Kier alpha value is -2.73. The normalized spacial score (nSPS) is 17.5. The first-order valence-electron chi connectivity index (χ1n) is 8.66. The highest BCUT2D eigenvalue weighted by molar-refractivity contribution is 5.56. The van der Waals surface area contributed by atoms with Gasteiger partial charge in [-0.2, -0.15) is 4.98 Å². The fourth-order valence-corrected chi connectivity index (χ4v) is 3.35. The molecule has 0 spiro atoms. The number of ether oxygens (including phenoxy) is 1. The second kappa shape index (κ2) is 7.25. The van der Waals surface area contributed by atoms with Gasteiger partial charge in [-0.25, -0.2) is 4.39 Å². The Balaban J connectivity index is 1.43. The fourth-order valence-electron chi connectivity index (χ4n) is 3.35. The first kappa shape index (κ1) is 16.7. The summed E-state index contributed by atoms with van der Waals surface area (Å²) in [7, 11) is 1.63. The number of benzene rings is 2. The monoisotopic (exact) mass is 353 g/mol. The molecule has 1 fully saturated rings. The van der Waals surface area contributed by atoms with Gasteiger partial charge in [-0.1, -0.05) is 29.4 Å². The number of hydrogen-bond donors (Lipinski definition) is 0. The van der Waals surface area contributed by atoms with Gasteiger partial charge in [0.2, 0.25) is 11.7 Å². The Labute approximate surface area is 151 Å². The van der Waals surface area contributed by atoms with Crippen molar-refractivity contribution in [2.24, 2.45) is 0 Å². The molecule has 2 heterocycles. The van der Waals surface area contributed by atoms with E-state index in [4.69, 9.17) is 9.26 Å².